The molecule has 28 heavy (non-hydrogen) atoms. The zero-order valence-corrected chi connectivity index (χ0v) is 17.4. The van der Waals surface area contributed by atoms with Gasteiger partial charge in [-0.25, -0.2) is 4.98 Å². The lowest BCUT2D eigenvalue weighted by Crippen LogP contribution is -2.33. The molecule has 1 aliphatic heterocycles. The Hall–Kier alpha value is -2.51. The topological polar surface area (TPSA) is 54.3 Å². The summed E-state index contributed by atoms with van der Waals surface area (Å²) in [7, 11) is 6.01. The highest BCUT2D eigenvalue weighted by Crippen LogP contribution is 2.28. The van der Waals surface area contributed by atoms with Gasteiger partial charge in [0.25, 0.3) is 5.91 Å². The molecule has 2 aromatic heterocycles. The van der Waals surface area contributed by atoms with Crippen LogP contribution in [0.15, 0.2) is 35.7 Å². The Bertz CT molecular complexity index is 976. The molecule has 0 saturated heterocycles. The van der Waals surface area contributed by atoms with E-state index in [-0.39, 0.29) is 5.91 Å². The number of aryl methyl sites for hydroxylation is 1. The molecule has 0 aliphatic carbocycles. The molecule has 0 saturated carbocycles. The Morgan fingerprint density at radius 1 is 1.18 bits per heavy atom. The zero-order chi connectivity index (χ0) is 19.7. The van der Waals surface area contributed by atoms with Gasteiger partial charge in [0.15, 0.2) is 0 Å². The first-order chi connectivity index (χ1) is 13.5. The maximum atomic E-state index is 13.0. The van der Waals surface area contributed by atoms with E-state index in [1.165, 1.54) is 11.1 Å². The SMILES string of the molecule is CN(C)Cc1nc(C(=O)N2CCc3nn(C)c(-c4ccccc4)c3CC2)cs1. The van der Waals surface area contributed by atoms with Crippen LogP contribution in [0.25, 0.3) is 11.3 Å². The third-order valence-electron chi connectivity index (χ3n) is 5.04. The fraction of sp³-hybridized carbons (Fsp3) is 0.381. The Labute approximate surface area is 169 Å². The second-order valence-electron chi connectivity index (χ2n) is 7.42. The first-order valence-corrected chi connectivity index (χ1v) is 10.4. The second-order valence-corrected chi connectivity index (χ2v) is 8.36. The molecule has 7 heteroatoms. The standard InChI is InChI=1S/C21H25N5OS/c1-24(2)13-19-22-18(14-28-19)21(27)26-11-9-16-17(10-12-26)23-25(3)20(16)15-7-5-4-6-8-15/h4-8,14H,9-13H2,1-3H3. The summed E-state index contributed by atoms with van der Waals surface area (Å²) in [5.41, 5.74) is 5.25. The van der Waals surface area contributed by atoms with Crippen LogP contribution in [0, 0.1) is 0 Å². The molecule has 0 bridgehead atoms. The van der Waals surface area contributed by atoms with Crippen LogP contribution in [-0.2, 0) is 26.4 Å². The molecule has 1 amide bonds. The summed E-state index contributed by atoms with van der Waals surface area (Å²) in [6.45, 7) is 2.13. The molecule has 0 fully saturated rings. The van der Waals surface area contributed by atoms with Crippen molar-refractivity contribution in [2.45, 2.75) is 19.4 Å². The molecule has 1 aromatic carbocycles. The van der Waals surface area contributed by atoms with Crippen molar-refractivity contribution >= 4 is 17.2 Å². The zero-order valence-electron chi connectivity index (χ0n) is 16.6. The summed E-state index contributed by atoms with van der Waals surface area (Å²) in [5.74, 6) is 0.0250. The van der Waals surface area contributed by atoms with Crippen molar-refractivity contribution in [1.82, 2.24) is 24.6 Å². The van der Waals surface area contributed by atoms with Crippen molar-refractivity contribution < 1.29 is 4.79 Å². The molecule has 0 spiro atoms. The van der Waals surface area contributed by atoms with Crippen molar-refractivity contribution in [3.63, 3.8) is 0 Å². The van der Waals surface area contributed by atoms with Crippen LogP contribution in [0.2, 0.25) is 0 Å². The number of fused-ring (bicyclic) bond motifs is 1. The Balaban J connectivity index is 1.53. The predicted molar refractivity (Wildman–Crippen MR) is 111 cm³/mol. The average Bonchev–Trinajstić information content (AvgIpc) is 3.19. The molecule has 3 heterocycles. The summed E-state index contributed by atoms with van der Waals surface area (Å²) < 4.78 is 1.98. The molecule has 0 N–H and O–H groups in total. The minimum Gasteiger partial charge on any atom is -0.337 e. The highest BCUT2D eigenvalue weighted by Gasteiger charge is 2.26. The number of amides is 1. The normalized spacial score (nSPS) is 14.2. The fourth-order valence-electron chi connectivity index (χ4n) is 3.76. The molecule has 3 aromatic rings. The third kappa shape index (κ3) is 3.72. The molecule has 6 nitrogen and oxygen atoms in total. The number of carbonyl (C=O) groups excluding carboxylic acids is 1. The number of nitrogens with zero attached hydrogens (tertiary/aromatic N) is 5. The largest absolute Gasteiger partial charge is 0.337 e. The molecule has 1 aliphatic rings. The van der Waals surface area contributed by atoms with Crippen molar-refractivity contribution in [1.29, 1.82) is 0 Å². The number of hydrogen-bond acceptors (Lipinski definition) is 5. The highest BCUT2D eigenvalue weighted by molar-refractivity contribution is 7.09. The maximum absolute atomic E-state index is 13.0. The lowest BCUT2D eigenvalue weighted by atomic mass is 10.0. The van der Waals surface area contributed by atoms with Crippen LogP contribution in [-0.4, -0.2) is 57.7 Å². The van der Waals surface area contributed by atoms with Gasteiger partial charge in [-0.2, -0.15) is 5.10 Å². The average molecular weight is 396 g/mol. The van der Waals surface area contributed by atoms with Crippen LogP contribution in [0.4, 0.5) is 0 Å². The van der Waals surface area contributed by atoms with Crippen LogP contribution in [0.3, 0.4) is 0 Å². The molecular weight excluding hydrogens is 370 g/mol. The van der Waals surface area contributed by atoms with Gasteiger partial charge in [0, 0.05) is 49.6 Å². The van der Waals surface area contributed by atoms with E-state index in [2.05, 4.69) is 34.1 Å². The summed E-state index contributed by atoms with van der Waals surface area (Å²) in [6.07, 6.45) is 1.59. The van der Waals surface area contributed by atoms with Crippen molar-refractivity contribution in [3.05, 3.63) is 57.7 Å². The smallest absolute Gasteiger partial charge is 0.273 e. The first kappa shape index (κ1) is 18.8. The number of benzene rings is 1. The predicted octanol–water partition coefficient (Wildman–Crippen LogP) is 2.85. The van der Waals surface area contributed by atoms with Gasteiger partial charge < -0.3 is 9.80 Å². The molecule has 0 atom stereocenters. The quantitative estimate of drug-likeness (QED) is 0.682. The van der Waals surface area contributed by atoms with Gasteiger partial charge in [0.1, 0.15) is 10.7 Å². The van der Waals surface area contributed by atoms with Crippen molar-refractivity contribution in [3.8, 4) is 11.3 Å². The van der Waals surface area contributed by atoms with Crippen molar-refractivity contribution in [2.24, 2.45) is 7.05 Å². The van der Waals surface area contributed by atoms with Crippen LogP contribution in [0.5, 0.6) is 0 Å². The number of thiazole rings is 1. The monoisotopic (exact) mass is 395 g/mol. The summed E-state index contributed by atoms with van der Waals surface area (Å²) in [4.78, 5) is 21.5. The Morgan fingerprint density at radius 2 is 1.93 bits per heavy atom. The minimum atomic E-state index is 0.0250. The van der Waals surface area contributed by atoms with E-state index in [0.29, 0.717) is 18.8 Å². The summed E-state index contributed by atoms with van der Waals surface area (Å²) >= 11 is 1.55. The Kier molecular flexibility index (Phi) is 5.28. The van der Waals surface area contributed by atoms with Gasteiger partial charge >= 0.3 is 0 Å². The number of aromatic nitrogens is 3. The van der Waals surface area contributed by atoms with Gasteiger partial charge in [-0.15, -0.1) is 11.3 Å². The van der Waals surface area contributed by atoms with E-state index in [0.717, 1.165) is 35.8 Å². The van der Waals surface area contributed by atoms with E-state index in [4.69, 9.17) is 5.10 Å². The number of hydrogen-bond donors (Lipinski definition) is 0. The van der Waals surface area contributed by atoms with E-state index >= 15 is 0 Å². The van der Waals surface area contributed by atoms with E-state index in [9.17, 15) is 4.79 Å². The van der Waals surface area contributed by atoms with Crippen LogP contribution < -0.4 is 0 Å². The summed E-state index contributed by atoms with van der Waals surface area (Å²) in [5, 5.41) is 7.60. The van der Waals surface area contributed by atoms with Crippen LogP contribution >= 0.6 is 11.3 Å². The van der Waals surface area contributed by atoms with Gasteiger partial charge in [0.05, 0.1) is 11.4 Å². The van der Waals surface area contributed by atoms with Gasteiger partial charge in [-0.05, 0) is 20.5 Å². The molecule has 0 radical (unpaired) electrons. The van der Waals surface area contributed by atoms with Gasteiger partial charge in [-0.1, -0.05) is 30.3 Å². The molecule has 146 valence electrons. The molecular formula is C21H25N5OS. The van der Waals surface area contributed by atoms with Crippen molar-refractivity contribution in [2.75, 3.05) is 27.2 Å². The Morgan fingerprint density at radius 3 is 2.68 bits per heavy atom. The van der Waals surface area contributed by atoms with E-state index < -0.39 is 0 Å². The minimum absolute atomic E-state index is 0.0250. The van der Waals surface area contributed by atoms with E-state index in [1.54, 1.807) is 11.3 Å². The first-order valence-electron chi connectivity index (χ1n) is 9.51. The van der Waals surface area contributed by atoms with Crippen LogP contribution in [0.1, 0.15) is 26.8 Å². The van der Waals surface area contributed by atoms with E-state index in [1.807, 2.05) is 42.2 Å². The lowest BCUT2D eigenvalue weighted by molar-refractivity contribution is 0.0757. The maximum Gasteiger partial charge on any atom is 0.273 e. The lowest BCUT2D eigenvalue weighted by Gasteiger charge is -2.19. The fourth-order valence-corrected chi connectivity index (χ4v) is 4.65. The van der Waals surface area contributed by atoms with Gasteiger partial charge in [0.2, 0.25) is 0 Å². The highest BCUT2D eigenvalue weighted by atomic mass is 32.1. The number of carbonyl (C=O) groups is 1. The third-order valence-corrected chi connectivity index (χ3v) is 5.87. The molecule has 4 rings (SSSR count). The molecule has 0 unspecified atom stereocenters. The van der Waals surface area contributed by atoms with Gasteiger partial charge in [-0.3, -0.25) is 9.48 Å². The second kappa shape index (κ2) is 7.85. The summed E-state index contributed by atoms with van der Waals surface area (Å²) in [6, 6.07) is 10.4. The number of rotatable bonds is 4.